The third-order valence-electron chi connectivity index (χ3n) is 4.59. The molecular formula is C21H18ClN3O3. The molecule has 1 fully saturated rings. The number of aromatic hydroxyl groups is 1. The Hall–Kier alpha value is -2.96. The van der Waals surface area contributed by atoms with Gasteiger partial charge in [-0.25, -0.2) is 4.98 Å². The van der Waals surface area contributed by atoms with Crippen molar-refractivity contribution in [3.63, 3.8) is 0 Å². The maximum absolute atomic E-state index is 12.7. The molecule has 6 nitrogen and oxygen atoms in total. The van der Waals surface area contributed by atoms with Gasteiger partial charge in [-0.15, -0.1) is 0 Å². The van der Waals surface area contributed by atoms with Crippen LogP contribution >= 0.6 is 11.6 Å². The van der Waals surface area contributed by atoms with Gasteiger partial charge in [-0.05, 0) is 36.4 Å². The number of morpholine rings is 1. The molecule has 7 heteroatoms. The van der Waals surface area contributed by atoms with Crippen LogP contribution in [-0.2, 0) is 4.74 Å². The van der Waals surface area contributed by atoms with E-state index < -0.39 is 0 Å². The van der Waals surface area contributed by atoms with E-state index in [0.29, 0.717) is 48.3 Å². The molecule has 0 saturated carbocycles. The minimum Gasteiger partial charge on any atom is -0.508 e. The van der Waals surface area contributed by atoms with Gasteiger partial charge in [-0.1, -0.05) is 17.7 Å². The zero-order valence-electron chi connectivity index (χ0n) is 15.0. The molecular weight excluding hydrogens is 378 g/mol. The predicted molar refractivity (Wildman–Crippen MR) is 106 cm³/mol. The van der Waals surface area contributed by atoms with E-state index in [9.17, 15) is 9.90 Å². The molecule has 1 saturated heterocycles. The summed E-state index contributed by atoms with van der Waals surface area (Å²) in [4.78, 5) is 23.3. The van der Waals surface area contributed by atoms with E-state index in [-0.39, 0.29) is 11.7 Å². The lowest BCUT2D eigenvalue weighted by molar-refractivity contribution is 0.0303. The van der Waals surface area contributed by atoms with Gasteiger partial charge in [-0.3, -0.25) is 9.78 Å². The number of carbonyl (C=O) groups excluding carboxylic acids is 1. The minimum atomic E-state index is -0.0937. The largest absolute Gasteiger partial charge is 0.508 e. The lowest BCUT2D eigenvalue weighted by atomic mass is 10.1. The summed E-state index contributed by atoms with van der Waals surface area (Å²) in [6.07, 6.45) is 3.31. The number of ether oxygens (including phenoxy) is 1. The zero-order valence-corrected chi connectivity index (χ0v) is 15.8. The number of phenols is 1. The lowest BCUT2D eigenvalue weighted by Crippen LogP contribution is -2.40. The van der Waals surface area contributed by atoms with Crippen LogP contribution in [0, 0.1) is 0 Å². The molecule has 0 atom stereocenters. The van der Waals surface area contributed by atoms with Crippen molar-refractivity contribution in [3.05, 3.63) is 65.4 Å². The number of hydrogen-bond donors (Lipinski definition) is 1. The summed E-state index contributed by atoms with van der Waals surface area (Å²) in [7, 11) is 0. The summed E-state index contributed by atoms with van der Waals surface area (Å²) < 4.78 is 5.29. The van der Waals surface area contributed by atoms with Gasteiger partial charge in [-0.2, -0.15) is 0 Å². The van der Waals surface area contributed by atoms with Gasteiger partial charge in [0, 0.05) is 24.2 Å². The van der Waals surface area contributed by atoms with Gasteiger partial charge in [0.1, 0.15) is 5.75 Å². The normalized spacial score (nSPS) is 14.1. The Kier molecular flexibility index (Phi) is 5.23. The molecule has 28 heavy (non-hydrogen) atoms. The highest BCUT2D eigenvalue weighted by Crippen LogP contribution is 2.27. The third-order valence-corrected chi connectivity index (χ3v) is 4.90. The zero-order chi connectivity index (χ0) is 19.5. The van der Waals surface area contributed by atoms with Crippen molar-refractivity contribution in [2.24, 2.45) is 0 Å². The van der Waals surface area contributed by atoms with Gasteiger partial charge < -0.3 is 14.7 Å². The van der Waals surface area contributed by atoms with Crippen molar-refractivity contribution in [3.8, 4) is 28.3 Å². The standard InChI is InChI=1S/C21H18ClN3O3/c22-18-11-15(3-6-17(18)21(27)25-7-9-28-10-8-25)20-13-23-12-19(24-20)14-1-4-16(26)5-2-14/h1-6,11-13,26H,7-10H2. The minimum absolute atomic E-state index is 0.0937. The Labute approximate surface area is 167 Å². The molecule has 4 rings (SSSR count). The summed E-state index contributed by atoms with van der Waals surface area (Å²) in [6.45, 7) is 2.22. The van der Waals surface area contributed by atoms with Crippen LogP contribution in [-0.4, -0.2) is 52.2 Å². The Morgan fingerprint density at radius 2 is 1.64 bits per heavy atom. The second-order valence-corrected chi connectivity index (χ2v) is 6.84. The van der Waals surface area contributed by atoms with E-state index in [1.807, 2.05) is 6.07 Å². The number of phenolic OH excluding ortho intramolecular Hbond substituents is 1. The van der Waals surface area contributed by atoms with Crippen molar-refractivity contribution in [1.82, 2.24) is 14.9 Å². The maximum atomic E-state index is 12.7. The molecule has 0 unspecified atom stereocenters. The number of aromatic nitrogens is 2. The molecule has 1 amide bonds. The van der Waals surface area contributed by atoms with Crippen LogP contribution in [0.1, 0.15) is 10.4 Å². The predicted octanol–water partition coefficient (Wildman–Crippen LogP) is 3.64. The highest BCUT2D eigenvalue weighted by molar-refractivity contribution is 6.34. The highest BCUT2D eigenvalue weighted by Gasteiger charge is 2.21. The molecule has 0 bridgehead atoms. The summed E-state index contributed by atoms with van der Waals surface area (Å²) in [5, 5.41) is 9.82. The summed E-state index contributed by atoms with van der Waals surface area (Å²) >= 11 is 6.41. The van der Waals surface area contributed by atoms with Gasteiger partial charge >= 0.3 is 0 Å². The molecule has 3 aromatic rings. The molecule has 0 aliphatic carbocycles. The van der Waals surface area contributed by atoms with Crippen LogP contribution < -0.4 is 0 Å². The number of rotatable bonds is 3. The number of benzene rings is 2. The Bertz CT molecular complexity index is 1000. The fraction of sp³-hybridized carbons (Fsp3) is 0.190. The summed E-state index contributed by atoms with van der Waals surface area (Å²) in [5.41, 5.74) is 3.42. The van der Waals surface area contributed by atoms with Crippen LogP contribution in [0.2, 0.25) is 5.02 Å². The molecule has 2 heterocycles. The number of hydrogen-bond acceptors (Lipinski definition) is 5. The van der Waals surface area contributed by atoms with Crippen molar-refractivity contribution >= 4 is 17.5 Å². The van der Waals surface area contributed by atoms with E-state index >= 15 is 0 Å². The lowest BCUT2D eigenvalue weighted by Gasteiger charge is -2.27. The van der Waals surface area contributed by atoms with Crippen molar-refractivity contribution in [1.29, 1.82) is 0 Å². The second-order valence-electron chi connectivity index (χ2n) is 6.44. The molecule has 0 spiro atoms. The Morgan fingerprint density at radius 3 is 2.32 bits per heavy atom. The third kappa shape index (κ3) is 3.83. The van der Waals surface area contributed by atoms with E-state index in [1.54, 1.807) is 53.7 Å². The summed E-state index contributed by atoms with van der Waals surface area (Å²) in [6, 6.07) is 12.0. The van der Waals surface area contributed by atoms with E-state index in [2.05, 4.69) is 9.97 Å². The van der Waals surface area contributed by atoms with Crippen molar-refractivity contribution in [2.45, 2.75) is 0 Å². The number of carbonyl (C=O) groups is 1. The van der Waals surface area contributed by atoms with Gasteiger partial charge in [0.05, 0.1) is 47.6 Å². The molecule has 1 aliphatic heterocycles. The first-order valence-electron chi connectivity index (χ1n) is 8.90. The molecule has 1 N–H and O–H groups in total. The van der Waals surface area contributed by atoms with Crippen molar-refractivity contribution < 1.29 is 14.6 Å². The van der Waals surface area contributed by atoms with Gasteiger partial charge in [0.25, 0.3) is 5.91 Å². The number of amides is 1. The molecule has 142 valence electrons. The SMILES string of the molecule is O=C(c1ccc(-c2cncc(-c3ccc(O)cc3)n2)cc1Cl)N1CCOCC1. The first-order chi connectivity index (χ1) is 13.6. The number of halogens is 1. The quantitative estimate of drug-likeness (QED) is 0.732. The smallest absolute Gasteiger partial charge is 0.255 e. The van der Waals surface area contributed by atoms with E-state index in [0.717, 1.165) is 11.1 Å². The van der Waals surface area contributed by atoms with Crippen LogP contribution in [0.4, 0.5) is 0 Å². The molecule has 0 radical (unpaired) electrons. The first-order valence-corrected chi connectivity index (χ1v) is 9.28. The molecule has 1 aromatic heterocycles. The fourth-order valence-electron chi connectivity index (χ4n) is 3.06. The second kappa shape index (κ2) is 7.96. The van der Waals surface area contributed by atoms with Crippen LogP contribution in [0.15, 0.2) is 54.9 Å². The van der Waals surface area contributed by atoms with Gasteiger partial charge in [0.2, 0.25) is 0 Å². The molecule has 2 aromatic carbocycles. The topological polar surface area (TPSA) is 75.5 Å². The average molecular weight is 396 g/mol. The monoisotopic (exact) mass is 395 g/mol. The molecule has 1 aliphatic rings. The Morgan fingerprint density at radius 1 is 1.00 bits per heavy atom. The van der Waals surface area contributed by atoms with E-state index in [1.165, 1.54) is 0 Å². The van der Waals surface area contributed by atoms with Crippen LogP contribution in [0.25, 0.3) is 22.5 Å². The first kappa shape index (κ1) is 18.4. The van der Waals surface area contributed by atoms with Gasteiger partial charge in [0.15, 0.2) is 0 Å². The van der Waals surface area contributed by atoms with Crippen LogP contribution in [0.3, 0.4) is 0 Å². The summed E-state index contributed by atoms with van der Waals surface area (Å²) in [5.74, 6) is 0.101. The van der Waals surface area contributed by atoms with Crippen molar-refractivity contribution in [2.75, 3.05) is 26.3 Å². The maximum Gasteiger partial charge on any atom is 0.255 e. The van der Waals surface area contributed by atoms with E-state index in [4.69, 9.17) is 16.3 Å². The van der Waals surface area contributed by atoms with Crippen LogP contribution in [0.5, 0.6) is 5.75 Å². The average Bonchev–Trinajstić information content (AvgIpc) is 2.74. The highest BCUT2D eigenvalue weighted by atomic mass is 35.5. The Balaban J connectivity index is 1.61. The fourth-order valence-corrected chi connectivity index (χ4v) is 3.32. The number of nitrogens with zero attached hydrogens (tertiary/aromatic N) is 3.